The number of rotatable bonds is 13. The van der Waals surface area contributed by atoms with E-state index in [0.717, 1.165) is 43.4 Å². The van der Waals surface area contributed by atoms with Crippen LogP contribution < -0.4 is 0 Å². The molecule has 0 saturated carbocycles. The van der Waals surface area contributed by atoms with Gasteiger partial charge in [-0.25, -0.2) is 14.2 Å². The predicted octanol–water partition coefficient (Wildman–Crippen LogP) is 8.26. The number of hydrogen-bond donors (Lipinski definition) is 1. The standard InChI is InChI=1S/C29H30Cl2FNO4S.2Na/c1-4-5-6-7-8-12-25(37-3)20-11-9-10-19(26(20)32)24-16-38-28(33-24)27(34)18-14-22(30)21(23(31)15-18)13-17(2)29(35)36;;/h9-11,13-16,25H,4-8,12H2,1-3H3,(H,35,36);;. The molecule has 1 heterocycles. The molecule has 3 aromatic rings. The number of methoxy groups -OCH3 is 1. The van der Waals surface area contributed by atoms with E-state index in [1.165, 1.54) is 31.6 Å². The van der Waals surface area contributed by atoms with Crippen LogP contribution in [0.3, 0.4) is 0 Å². The molecule has 1 atom stereocenters. The molecule has 3 rings (SSSR count). The summed E-state index contributed by atoms with van der Waals surface area (Å²) in [6.07, 6.45) is 7.25. The average Bonchev–Trinajstić information content (AvgIpc) is 3.38. The molecular weight excluding hydrogens is 594 g/mol. The third-order valence-electron chi connectivity index (χ3n) is 6.24. The van der Waals surface area contributed by atoms with Crippen LogP contribution in [-0.4, -0.2) is 88.1 Å². The fourth-order valence-corrected chi connectivity index (χ4v) is 5.46. The predicted molar refractivity (Wildman–Crippen MR) is 163 cm³/mol. The second-order valence-corrected chi connectivity index (χ2v) is 10.7. The molecule has 5 nitrogen and oxygen atoms in total. The molecule has 0 bridgehead atoms. The van der Waals surface area contributed by atoms with Crippen LogP contribution in [0.1, 0.15) is 85.0 Å². The summed E-state index contributed by atoms with van der Waals surface area (Å²) in [5.74, 6) is -1.94. The van der Waals surface area contributed by atoms with E-state index in [2.05, 4.69) is 11.9 Å². The van der Waals surface area contributed by atoms with Crippen molar-refractivity contribution in [2.75, 3.05) is 7.11 Å². The second-order valence-electron chi connectivity index (χ2n) is 8.99. The van der Waals surface area contributed by atoms with Gasteiger partial charge in [0.1, 0.15) is 5.82 Å². The molecule has 40 heavy (non-hydrogen) atoms. The van der Waals surface area contributed by atoms with Gasteiger partial charge in [-0.1, -0.05) is 74.4 Å². The Balaban J connectivity index is 0.00000400. The molecule has 1 unspecified atom stereocenters. The Hall–Kier alpha value is -0.580. The fraction of sp³-hybridized carbons (Fsp3) is 0.345. The second kappa shape index (κ2) is 18.2. The summed E-state index contributed by atoms with van der Waals surface area (Å²) in [4.78, 5) is 28.7. The summed E-state index contributed by atoms with van der Waals surface area (Å²) >= 11 is 13.7. The van der Waals surface area contributed by atoms with E-state index in [-0.39, 0.29) is 91.4 Å². The van der Waals surface area contributed by atoms with Crippen LogP contribution in [0.4, 0.5) is 4.39 Å². The van der Waals surface area contributed by atoms with Crippen LogP contribution in [0.25, 0.3) is 17.3 Å². The van der Waals surface area contributed by atoms with Gasteiger partial charge in [0.05, 0.1) is 21.8 Å². The van der Waals surface area contributed by atoms with E-state index in [0.29, 0.717) is 22.4 Å². The number of nitrogens with zero attached hydrogens (tertiary/aromatic N) is 1. The van der Waals surface area contributed by atoms with Crippen molar-refractivity contribution in [3.63, 3.8) is 0 Å². The molecule has 0 aliphatic heterocycles. The Morgan fingerprint density at radius 1 is 1.12 bits per heavy atom. The number of thiazole rings is 1. The number of ether oxygens (including phenoxy) is 1. The van der Waals surface area contributed by atoms with E-state index < -0.39 is 17.6 Å². The third-order valence-corrected chi connectivity index (χ3v) is 7.71. The van der Waals surface area contributed by atoms with Gasteiger partial charge in [0.2, 0.25) is 5.78 Å². The van der Waals surface area contributed by atoms with Gasteiger partial charge in [0.15, 0.2) is 5.01 Å². The first kappa shape index (κ1) is 37.4. The van der Waals surface area contributed by atoms with Gasteiger partial charge in [-0.3, -0.25) is 4.79 Å². The Kier molecular flexibility index (Phi) is 17.0. The van der Waals surface area contributed by atoms with Crippen molar-refractivity contribution in [3.05, 3.63) is 78.8 Å². The molecule has 1 N–H and O–H groups in total. The van der Waals surface area contributed by atoms with E-state index >= 15 is 4.39 Å². The van der Waals surface area contributed by atoms with E-state index in [4.69, 9.17) is 33.0 Å². The van der Waals surface area contributed by atoms with E-state index in [9.17, 15) is 9.59 Å². The molecule has 2 radical (unpaired) electrons. The number of aromatic nitrogens is 1. The van der Waals surface area contributed by atoms with E-state index in [1.807, 2.05) is 0 Å². The van der Waals surface area contributed by atoms with Crippen LogP contribution >= 0.6 is 34.5 Å². The maximum atomic E-state index is 15.6. The number of carboxylic acids is 1. The molecule has 0 aliphatic rings. The minimum absolute atomic E-state index is 0. The first-order valence-electron chi connectivity index (χ1n) is 12.4. The molecule has 0 fully saturated rings. The number of unbranched alkanes of at least 4 members (excludes halogenated alkanes) is 4. The Labute approximate surface area is 293 Å². The van der Waals surface area contributed by atoms with Gasteiger partial charge in [-0.15, -0.1) is 11.3 Å². The van der Waals surface area contributed by atoms with Crippen molar-refractivity contribution in [2.24, 2.45) is 0 Å². The number of hydrogen-bond acceptors (Lipinski definition) is 5. The summed E-state index contributed by atoms with van der Waals surface area (Å²) in [6.45, 7) is 3.58. The molecule has 204 valence electrons. The molecule has 11 heteroatoms. The first-order chi connectivity index (χ1) is 18.2. The fourth-order valence-electron chi connectivity index (χ4n) is 4.09. The van der Waals surface area contributed by atoms with Gasteiger partial charge in [-0.2, -0.15) is 0 Å². The maximum absolute atomic E-state index is 15.6. The van der Waals surface area contributed by atoms with Gasteiger partial charge in [0.25, 0.3) is 0 Å². The molecule has 1 aromatic heterocycles. The van der Waals surface area contributed by atoms with Crippen molar-refractivity contribution in [1.82, 2.24) is 4.98 Å². The Bertz CT molecular complexity index is 1330. The molecule has 0 aliphatic carbocycles. The third kappa shape index (κ3) is 9.73. The summed E-state index contributed by atoms with van der Waals surface area (Å²) in [5, 5.41) is 11.2. The van der Waals surface area contributed by atoms with Crippen LogP contribution in [0.15, 0.2) is 41.3 Å². The summed E-state index contributed by atoms with van der Waals surface area (Å²) in [6, 6.07) is 7.97. The summed E-state index contributed by atoms with van der Waals surface area (Å²) in [7, 11) is 1.59. The van der Waals surface area contributed by atoms with Crippen molar-refractivity contribution < 1.29 is 23.8 Å². The quantitative estimate of drug-likeness (QED) is 0.0897. The molecule has 0 amide bonds. The summed E-state index contributed by atoms with van der Waals surface area (Å²) < 4.78 is 21.2. The minimum Gasteiger partial charge on any atom is -0.478 e. The SMILES string of the molecule is CCCCCCCC(OC)c1cccc(-c2csc(C(=O)c3cc(Cl)c(C=C(C)C(=O)O)c(Cl)c3)n2)c1F.[Na].[Na]. The van der Waals surface area contributed by atoms with Crippen LogP contribution in [0.2, 0.25) is 10.0 Å². The molecule has 2 aromatic carbocycles. The number of carboxylic acid groups (broad SMARTS) is 1. The van der Waals surface area contributed by atoms with Crippen LogP contribution in [-0.2, 0) is 9.53 Å². The topological polar surface area (TPSA) is 76.5 Å². The minimum atomic E-state index is -1.10. The first-order valence-corrected chi connectivity index (χ1v) is 14.0. The maximum Gasteiger partial charge on any atom is 0.331 e. The van der Waals surface area contributed by atoms with E-state index in [1.54, 1.807) is 30.7 Å². The zero-order valence-corrected chi connectivity index (χ0v) is 29.9. The zero-order valence-electron chi connectivity index (χ0n) is 23.5. The van der Waals surface area contributed by atoms with Crippen molar-refractivity contribution in [1.29, 1.82) is 0 Å². The van der Waals surface area contributed by atoms with Crippen molar-refractivity contribution in [3.8, 4) is 11.3 Å². The number of ketones is 1. The number of halogens is 3. The zero-order chi connectivity index (χ0) is 27.8. The number of carbonyl (C=O) groups is 2. The van der Waals surface area contributed by atoms with Crippen LogP contribution in [0.5, 0.6) is 0 Å². The largest absolute Gasteiger partial charge is 0.478 e. The summed E-state index contributed by atoms with van der Waals surface area (Å²) in [5.41, 5.74) is 1.68. The molecule has 0 spiro atoms. The van der Waals surface area contributed by atoms with Gasteiger partial charge >= 0.3 is 5.97 Å². The average molecular weight is 625 g/mol. The Morgan fingerprint density at radius 3 is 2.38 bits per heavy atom. The van der Waals surface area contributed by atoms with Gasteiger partial charge in [-0.05, 0) is 37.6 Å². The number of benzene rings is 2. The number of aliphatic carboxylic acids is 1. The van der Waals surface area contributed by atoms with Gasteiger partial charge < -0.3 is 9.84 Å². The van der Waals surface area contributed by atoms with Crippen molar-refractivity contribution in [2.45, 2.75) is 58.5 Å². The Morgan fingerprint density at radius 2 is 1.77 bits per heavy atom. The van der Waals surface area contributed by atoms with Gasteiger partial charge in [0, 0.05) is 99.4 Å². The van der Waals surface area contributed by atoms with Crippen molar-refractivity contribution >= 4 is 111 Å². The van der Waals surface area contributed by atoms with Crippen LogP contribution in [0, 0.1) is 5.82 Å². The smallest absolute Gasteiger partial charge is 0.331 e. The normalized spacial score (nSPS) is 11.9. The molecule has 0 saturated heterocycles. The number of carbonyl (C=O) groups excluding carboxylic acids is 1. The molecular formula is C29H30Cl2FNNa2O4S. The monoisotopic (exact) mass is 623 g/mol.